The third-order valence-corrected chi connectivity index (χ3v) is 5.61. The molecule has 26 heavy (non-hydrogen) atoms. The zero-order valence-corrected chi connectivity index (χ0v) is 15.4. The number of nitrogens with zero attached hydrogens (tertiary/aromatic N) is 4. The normalized spacial score (nSPS) is 14.5. The predicted molar refractivity (Wildman–Crippen MR) is 105 cm³/mol. The highest BCUT2D eigenvalue weighted by molar-refractivity contribution is 7.15. The molecule has 0 aliphatic carbocycles. The largest absolute Gasteiger partial charge is 0.337 e. The maximum Gasteiger partial charge on any atom is 0.253 e. The zero-order chi connectivity index (χ0) is 17.9. The van der Waals surface area contributed by atoms with Crippen molar-refractivity contribution in [2.75, 3.05) is 31.1 Å². The van der Waals surface area contributed by atoms with Crippen molar-refractivity contribution in [2.24, 2.45) is 0 Å². The van der Waals surface area contributed by atoms with E-state index in [0.29, 0.717) is 13.1 Å². The Kier molecular flexibility index (Phi) is 4.67. The van der Waals surface area contributed by atoms with Gasteiger partial charge in [0.1, 0.15) is 0 Å². The third kappa shape index (κ3) is 3.46. The van der Waals surface area contributed by atoms with Gasteiger partial charge in [-0.2, -0.15) is 0 Å². The maximum atomic E-state index is 12.8. The van der Waals surface area contributed by atoms with E-state index < -0.39 is 0 Å². The molecule has 3 heterocycles. The predicted octanol–water partition coefficient (Wildman–Crippen LogP) is 3.48. The summed E-state index contributed by atoms with van der Waals surface area (Å²) < 4.78 is 0. The van der Waals surface area contributed by atoms with E-state index in [1.807, 2.05) is 35.2 Å². The molecule has 3 aromatic rings. The first-order valence-corrected chi connectivity index (χ1v) is 9.50. The van der Waals surface area contributed by atoms with E-state index in [-0.39, 0.29) is 5.91 Å². The number of anilines is 1. The molecule has 1 aliphatic heterocycles. The van der Waals surface area contributed by atoms with E-state index >= 15 is 0 Å². The number of hydrogen-bond acceptors (Lipinski definition) is 5. The van der Waals surface area contributed by atoms with Crippen molar-refractivity contribution in [1.29, 1.82) is 0 Å². The first-order chi connectivity index (χ1) is 12.7. The fourth-order valence-corrected chi connectivity index (χ4v) is 3.99. The Morgan fingerprint density at radius 3 is 2.27 bits per heavy atom. The molecule has 1 aromatic carbocycles. The van der Waals surface area contributed by atoms with Gasteiger partial charge in [-0.3, -0.25) is 4.79 Å². The van der Waals surface area contributed by atoms with Gasteiger partial charge in [0.15, 0.2) is 0 Å². The van der Waals surface area contributed by atoms with Crippen LogP contribution >= 0.6 is 11.3 Å². The van der Waals surface area contributed by atoms with Crippen molar-refractivity contribution in [3.63, 3.8) is 0 Å². The van der Waals surface area contributed by atoms with Crippen LogP contribution in [0.4, 0.5) is 5.95 Å². The number of amides is 1. The Balaban J connectivity index is 1.40. The van der Waals surface area contributed by atoms with E-state index in [1.54, 1.807) is 23.7 Å². The second-order valence-electron chi connectivity index (χ2n) is 6.32. The topological polar surface area (TPSA) is 49.3 Å². The Hall–Kier alpha value is -2.73. The average Bonchev–Trinajstić information content (AvgIpc) is 3.15. The van der Waals surface area contributed by atoms with E-state index in [2.05, 4.69) is 33.9 Å². The lowest BCUT2D eigenvalue weighted by atomic mass is 10.1. The summed E-state index contributed by atoms with van der Waals surface area (Å²) in [7, 11) is 0. The molecule has 132 valence electrons. The summed E-state index contributed by atoms with van der Waals surface area (Å²) in [5.41, 5.74) is 1.90. The molecule has 6 heteroatoms. The number of thiophene rings is 1. The van der Waals surface area contributed by atoms with Gasteiger partial charge in [-0.05, 0) is 42.8 Å². The van der Waals surface area contributed by atoms with Crippen molar-refractivity contribution in [2.45, 2.75) is 6.92 Å². The minimum atomic E-state index is 0.0903. The second kappa shape index (κ2) is 7.25. The van der Waals surface area contributed by atoms with Gasteiger partial charge in [0, 0.05) is 53.9 Å². The van der Waals surface area contributed by atoms with Crippen molar-refractivity contribution in [3.8, 4) is 10.4 Å². The van der Waals surface area contributed by atoms with Crippen molar-refractivity contribution in [1.82, 2.24) is 14.9 Å². The van der Waals surface area contributed by atoms with E-state index in [9.17, 15) is 4.79 Å². The summed E-state index contributed by atoms with van der Waals surface area (Å²) in [6.45, 7) is 4.97. The fourth-order valence-electron chi connectivity index (χ4n) is 3.11. The molecule has 1 saturated heterocycles. The van der Waals surface area contributed by atoms with Crippen LogP contribution in [0.2, 0.25) is 0 Å². The highest BCUT2D eigenvalue weighted by Gasteiger charge is 2.23. The number of hydrogen-bond donors (Lipinski definition) is 0. The Labute approximate surface area is 156 Å². The Morgan fingerprint density at radius 2 is 1.65 bits per heavy atom. The number of aryl methyl sites for hydroxylation is 1. The van der Waals surface area contributed by atoms with E-state index in [4.69, 9.17) is 0 Å². The molecule has 1 amide bonds. The lowest BCUT2D eigenvalue weighted by molar-refractivity contribution is 0.0746. The minimum Gasteiger partial charge on any atom is -0.337 e. The van der Waals surface area contributed by atoms with Crippen LogP contribution in [-0.2, 0) is 0 Å². The van der Waals surface area contributed by atoms with Gasteiger partial charge in [-0.1, -0.05) is 12.1 Å². The SMILES string of the molecule is Cc1ccc(-c2ccc(C(=O)N3CCN(c4ncccn4)CC3)cc2)s1. The number of carbonyl (C=O) groups is 1. The first-order valence-electron chi connectivity index (χ1n) is 8.69. The lowest BCUT2D eigenvalue weighted by Gasteiger charge is -2.34. The highest BCUT2D eigenvalue weighted by atomic mass is 32.1. The van der Waals surface area contributed by atoms with Crippen molar-refractivity contribution in [3.05, 3.63) is 65.3 Å². The van der Waals surface area contributed by atoms with Crippen LogP contribution in [0.3, 0.4) is 0 Å². The minimum absolute atomic E-state index is 0.0903. The molecule has 0 saturated carbocycles. The van der Waals surface area contributed by atoms with Gasteiger partial charge in [0.25, 0.3) is 5.91 Å². The molecule has 0 unspecified atom stereocenters. The Bertz CT molecular complexity index is 884. The molecule has 0 bridgehead atoms. The third-order valence-electron chi connectivity index (χ3n) is 4.56. The standard InChI is InChI=1S/C20H20N4OS/c1-15-3-8-18(26-15)16-4-6-17(7-5-16)19(25)23-11-13-24(14-12-23)20-21-9-2-10-22-20/h2-10H,11-14H2,1H3. The molecule has 2 aromatic heterocycles. The number of piperazine rings is 1. The summed E-state index contributed by atoms with van der Waals surface area (Å²) in [4.78, 5) is 27.9. The zero-order valence-electron chi connectivity index (χ0n) is 14.6. The molecule has 0 radical (unpaired) electrons. The summed E-state index contributed by atoms with van der Waals surface area (Å²) in [5, 5.41) is 0. The summed E-state index contributed by atoms with van der Waals surface area (Å²) >= 11 is 1.77. The molecule has 1 aliphatic rings. The second-order valence-corrected chi connectivity index (χ2v) is 7.60. The quantitative estimate of drug-likeness (QED) is 0.714. The monoisotopic (exact) mass is 364 g/mol. The van der Waals surface area contributed by atoms with Gasteiger partial charge < -0.3 is 9.80 Å². The van der Waals surface area contributed by atoms with E-state index in [1.165, 1.54) is 9.75 Å². The van der Waals surface area contributed by atoms with Crippen LogP contribution in [0, 0.1) is 6.92 Å². The molecular weight excluding hydrogens is 344 g/mol. The maximum absolute atomic E-state index is 12.8. The number of rotatable bonds is 3. The summed E-state index contributed by atoms with van der Waals surface area (Å²) in [6, 6.07) is 14.0. The van der Waals surface area contributed by atoms with Gasteiger partial charge in [0.05, 0.1) is 0 Å². The van der Waals surface area contributed by atoms with Gasteiger partial charge >= 0.3 is 0 Å². The average molecular weight is 364 g/mol. The number of aromatic nitrogens is 2. The van der Waals surface area contributed by atoms with Crippen LogP contribution in [-0.4, -0.2) is 47.0 Å². The van der Waals surface area contributed by atoms with Crippen molar-refractivity contribution >= 4 is 23.2 Å². The van der Waals surface area contributed by atoms with Crippen LogP contribution in [0.1, 0.15) is 15.2 Å². The molecule has 5 nitrogen and oxygen atoms in total. The summed E-state index contributed by atoms with van der Waals surface area (Å²) in [5.74, 6) is 0.822. The molecule has 1 fully saturated rings. The van der Waals surface area contributed by atoms with Crippen LogP contribution < -0.4 is 4.90 Å². The van der Waals surface area contributed by atoms with Gasteiger partial charge in [0.2, 0.25) is 5.95 Å². The first kappa shape index (κ1) is 16.7. The van der Waals surface area contributed by atoms with Crippen LogP contribution in [0.15, 0.2) is 54.9 Å². The Morgan fingerprint density at radius 1 is 0.962 bits per heavy atom. The summed E-state index contributed by atoms with van der Waals surface area (Å²) in [6.07, 6.45) is 3.49. The van der Waals surface area contributed by atoms with Gasteiger partial charge in [-0.25, -0.2) is 9.97 Å². The van der Waals surface area contributed by atoms with Gasteiger partial charge in [-0.15, -0.1) is 11.3 Å². The molecule has 0 spiro atoms. The molecule has 0 atom stereocenters. The number of benzene rings is 1. The van der Waals surface area contributed by atoms with Crippen LogP contribution in [0.25, 0.3) is 10.4 Å². The van der Waals surface area contributed by atoms with E-state index in [0.717, 1.165) is 30.2 Å². The lowest BCUT2D eigenvalue weighted by Crippen LogP contribution is -2.49. The number of carbonyl (C=O) groups excluding carboxylic acids is 1. The molecule has 0 N–H and O–H groups in total. The molecular formula is C20H20N4OS. The molecule has 4 rings (SSSR count). The smallest absolute Gasteiger partial charge is 0.253 e. The fraction of sp³-hybridized carbons (Fsp3) is 0.250. The van der Waals surface area contributed by atoms with Crippen molar-refractivity contribution < 1.29 is 4.79 Å². The van der Waals surface area contributed by atoms with Crippen LogP contribution in [0.5, 0.6) is 0 Å². The highest BCUT2D eigenvalue weighted by Crippen LogP contribution is 2.28.